The first-order chi connectivity index (χ1) is 9.49. The van der Waals surface area contributed by atoms with E-state index in [4.69, 9.17) is 0 Å². The van der Waals surface area contributed by atoms with E-state index >= 15 is 0 Å². The van der Waals surface area contributed by atoms with Crippen molar-refractivity contribution in [3.05, 3.63) is 23.9 Å². The van der Waals surface area contributed by atoms with Crippen LogP contribution < -0.4 is 5.32 Å². The highest BCUT2D eigenvalue weighted by atomic mass is 16.2. The minimum atomic E-state index is -0.609. The Hall–Kier alpha value is -1.91. The molecule has 0 aliphatic carbocycles. The summed E-state index contributed by atoms with van der Waals surface area (Å²) in [7, 11) is 0. The third kappa shape index (κ3) is 3.15. The van der Waals surface area contributed by atoms with Gasteiger partial charge in [0, 0.05) is 18.3 Å². The molecule has 1 aromatic rings. The molecule has 1 aliphatic heterocycles. The van der Waals surface area contributed by atoms with Gasteiger partial charge in [-0.15, -0.1) is 0 Å². The van der Waals surface area contributed by atoms with Crippen LogP contribution in [0.5, 0.6) is 0 Å². The lowest BCUT2D eigenvalue weighted by Crippen LogP contribution is -2.51. The summed E-state index contributed by atoms with van der Waals surface area (Å²) in [5.74, 6) is -0.666. The van der Waals surface area contributed by atoms with Crippen LogP contribution >= 0.6 is 0 Å². The number of aromatic nitrogens is 1. The number of carbonyl (C=O) groups is 2. The summed E-state index contributed by atoms with van der Waals surface area (Å²) < 4.78 is 0. The Kier molecular flexibility index (Phi) is 4.37. The van der Waals surface area contributed by atoms with Crippen LogP contribution in [0.15, 0.2) is 18.3 Å². The molecular weight excluding hydrogens is 254 g/mol. The number of likely N-dealkylation sites (tertiary alicyclic amines) is 1. The number of piperidine rings is 1. The predicted molar refractivity (Wildman–Crippen MR) is 77.2 cm³/mol. The van der Waals surface area contributed by atoms with Gasteiger partial charge in [0.05, 0.1) is 0 Å². The van der Waals surface area contributed by atoms with Gasteiger partial charge in [0.1, 0.15) is 5.82 Å². The first-order valence-corrected chi connectivity index (χ1v) is 7.05. The van der Waals surface area contributed by atoms with Gasteiger partial charge in [0.2, 0.25) is 0 Å². The van der Waals surface area contributed by atoms with Crippen molar-refractivity contribution in [2.75, 3.05) is 5.32 Å². The van der Waals surface area contributed by atoms with E-state index in [1.54, 1.807) is 17.2 Å². The van der Waals surface area contributed by atoms with Gasteiger partial charge in [0.15, 0.2) is 0 Å². The second kappa shape index (κ2) is 6.03. The highest BCUT2D eigenvalue weighted by Gasteiger charge is 2.32. The molecule has 1 aromatic heterocycles. The molecule has 2 heterocycles. The normalized spacial score (nSPS) is 22.4. The molecule has 2 atom stereocenters. The fraction of sp³-hybridized carbons (Fsp3) is 0.533. The van der Waals surface area contributed by atoms with Crippen molar-refractivity contribution in [2.45, 2.75) is 52.1 Å². The van der Waals surface area contributed by atoms with Crippen LogP contribution in [0.1, 0.15) is 38.7 Å². The second-order valence-electron chi connectivity index (χ2n) is 5.52. The van der Waals surface area contributed by atoms with Crippen molar-refractivity contribution >= 4 is 17.6 Å². The average molecular weight is 275 g/mol. The molecule has 1 aliphatic rings. The predicted octanol–water partition coefficient (Wildman–Crippen LogP) is 2.12. The Balaban J connectivity index is 2.04. The molecule has 20 heavy (non-hydrogen) atoms. The van der Waals surface area contributed by atoms with E-state index in [0.29, 0.717) is 5.82 Å². The third-order valence-corrected chi connectivity index (χ3v) is 3.78. The maximum absolute atomic E-state index is 12.3. The van der Waals surface area contributed by atoms with Crippen molar-refractivity contribution in [1.29, 1.82) is 0 Å². The molecule has 0 radical (unpaired) electrons. The van der Waals surface area contributed by atoms with Crippen LogP contribution in [0, 0.1) is 6.92 Å². The van der Waals surface area contributed by atoms with Crippen molar-refractivity contribution in [1.82, 2.24) is 9.88 Å². The zero-order valence-electron chi connectivity index (χ0n) is 12.2. The van der Waals surface area contributed by atoms with E-state index in [2.05, 4.69) is 10.3 Å². The van der Waals surface area contributed by atoms with E-state index in [1.807, 2.05) is 26.8 Å². The molecule has 1 fully saturated rings. The highest BCUT2D eigenvalue weighted by Crippen LogP contribution is 2.22. The summed E-state index contributed by atoms with van der Waals surface area (Å²) in [5.41, 5.74) is 1.01. The van der Waals surface area contributed by atoms with Gasteiger partial charge in [-0.2, -0.15) is 0 Å². The van der Waals surface area contributed by atoms with Crippen LogP contribution in [0.4, 0.5) is 5.82 Å². The number of pyridine rings is 1. The largest absolute Gasteiger partial charge is 0.329 e. The zero-order chi connectivity index (χ0) is 14.7. The Labute approximate surface area is 119 Å². The van der Waals surface area contributed by atoms with Gasteiger partial charge in [-0.25, -0.2) is 4.98 Å². The van der Waals surface area contributed by atoms with E-state index < -0.39 is 11.8 Å². The minimum Gasteiger partial charge on any atom is -0.329 e. The number of amides is 2. The van der Waals surface area contributed by atoms with Crippen LogP contribution in [-0.4, -0.2) is 33.8 Å². The van der Waals surface area contributed by atoms with Crippen LogP contribution in [0.3, 0.4) is 0 Å². The van der Waals surface area contributed by atoms with Gasteiger partial charge in [0.25, 0.3) is 0 Å². The third-order valence-electron chi connectivity index (χ3n) is 3.78. The van der Waals surface area contributed by atoms with Crippen LogP contribution in [-0.2, 0) is 9.59 Å². The first-order valence-electron chi connectivity index (χ1n) is 7.05. The smallest absolute Gasteiger partial charge is 0.315 e. The number of rotatable bonds is 1. The van der Waals surface area contributed by atoms with Gasteiger partial charge in [-0.1, -0.05) is 6.07 Å². The van der Waals surface area contributed by atoms with E-state index in [9.17, 15) is 9.59 Å². The topological polar surface area (TPSA) is 62.3 Å². The summed E-state index contributed by atoms with van der Waals surface area (Å²) in [6.45, 7) is 5.90. The van der Waals surface area contributed by atoms with E-state index in [0.717, 1.165) is 24.8 Å². The number of carbonyl (C=O) groups excluding carboxylic acids is 2. The monoisotopic (exact) mass is 275 g/mol. The Morgan fingerprint density at radius 1 is 1.25 bits per heavy atom. The summed E-state index contributed by atoms with van der Waals surface area (Å²) in [6, 6.07) is 3.77. The molecule has 0 aromatic carbocycles. The van der Waals surface area contributed by atoms with Gasteiger partial charge in [-0.05, 0) is 51.7 Å². The van der Waals surface area contributed by atoms with Crippen molar-refractivity contribution < 1.29 is 9.59 Å². The molecule has 2 rings (SSSR count). The molecule has 2 unspecified atom stereocenters. The highest BCUT2D eigenvalue weighted by molar-refractivity contribution is 6.39. The lowest BCUT2D eigenvalue weighted by molar-refractivity contribution is -0.147. The second-order valence-corrected chi connectivity index (χ2v) is 5.52. The van der Waals surface area contributed by atoms with E-state index in [-0.39, 0.29) is 12.1 Å². The SMILES string of the molecule is Cc1ccc(NC(=O)C(=O)N2C(C)CCCC2C)nc1. The molecule has 0 spiro atoms. The molecule has 5 nitrogen and oxygen atoms in total. The molecule has 0 saturated carbocycles. The van der Waals surface area contributed by atoms with Crippen molar-refractivity contribution in [3.8, 4) is 0 Å². The summed E-state index contributed by atoms with van der Waals surface area (Å²) in [5, 5.41) is 2.57. The summed E-state index contributed by atoms with van der Waals surface area (Å²) >= 11 is 0. The molecule has 0 bridgehead atoms. The quantitative estimate of drug-likeness (QED) is 0.798. The fourth-order valence-electron chi connectivity index (χ4n) is 2.65. The summed E-state index contributed by atoms with van der Waals surface area (Å²) in [4.78, 5) is 30.1. The average Bonchev–Trinajstić information content (AvgIpc) is 2.41. The maximum atomic E-state index is 12.3. The van der Waals surface area contributed by atoms with E-state index in [1.165, 1.54) is 0 Å². The molecule has 5 heteroatoms. The number of anilines is 1. The first kappa shape index (κ1) is 14.5. The lowest BCUT2D eigenvalue weighted by Gasteiger charge is -2.38. The van der Waals surface area contributed by atoms with Gasteiger partial charge >= 0.3 is 11.8 Å². The maximum Gasteiger partial charge on any atom is 0.315 e. The Morgan fingerprint density at radius 2 is 1.90 bits per heavy atom. The zero-order valence-corrected chi connectivity index (χ0v) is 12.2. The van der Waals surface area contributed by atoms with Crippen molar-refractivity contribution in [3.63, 3.8) is 0 Å². The van der Waals surface area contributed by atoms with Crippen LogP contribution in [0.25, 0.3) is 0 Å². The number of hydrogen-bond acceptors (Lipinski definition) is 3. The number of hydrogen-bond donors (Lipinski definition) is 1. The van der Waals surface area contributed by atoms with Gasteiger partial charge in [-0.3, -0.25) is 9.59 Å². The number of nitrogens with one attached hydrogen (secondary N) is 1. The molecule has 1 saturated heterocycles. The van der Waals surface area contributed by atoms with Gasteiger partial charge < -0.3 is 10.2 Å². The van der Waals surface area contributed by atoms with Crippen LogP contribution in [0.2, 0.25) is 0 Å². The Bertz CT molecular complexity index is 488. The van der Waals surface area contributed by atoms with Crippen molar-refractivity contribution in [2.24, 2.45) is 0 Å². The molecule has 2 amide bonds. The fourth-order valence-corrected chi connectivity index (χ4v) is 2.65. The lowest BCUT2D eigenvalue weighted by atomic mass is 9.97. The minimum absolute atomic E-state index is 0.114. The number of aryl methyl sites for hydroxylation is 1. The Morgan fingerprint density at radius 3 is 2.45 bits per heavy atom. The molecular formula is C15H21N3O2. The molecule has 1 N–H and O–H groups in total. The number of nitrogens with zero attached hydrogens (tertiary/aromatic N) is 2. The summed E-state index contributed by atoms with van der Waals surface area (Å²) in [6.07, 6.45) is 4.66. The molecule has 108 valence electrons. The standard InChI is InChI=1S/C15H21N3O2/c1-10-7-8-13(16-9-10)17-14(19)15(20)18-11(2)5-4-6-12(18)3/h7-9,11-12H,4-6H2,1-3H3,(H,16,17,19).